The molecule has 0 unspecified atom stereocenters. The molecule has 1 nitrogen and oxygen atoms in total. The lowest BCUT2D eigenvalue weighted by Crippen LogP contribution is -2.15. The van der Waals surface area contributed by atoms with E-state index < -0.39 is 8.15 Å². The van der Waals surface area contributed by atoms with Gasteiger partial charge in [-0.25, -0.2) is 0 Å². The molecule has 0 aromatic heterocycles. The highest BCUT2D eigenvalue weighted by Crippen LogP contribution is 2.35. The highest BCUT2D eigenvalue weighted by Gasteiger charge is 2.16. The standard InChI is InChI=1S/C18H23OP.ClH/c1-6-19-20(17-9-13(2)7-14(3)10-17)18-11-15(4)8-16(5)12-18;/h7-12H,6H2,1-5H3;1H. The molecule has 2 aromatic rings. The second-order valence-electron chi connectivity index (χ2n) is 5.40. The monoisotopic (exact) mass is 322 g/mol. The van der Waals surface area contributed by atoms with E-state index in [0.29, 0.717) is 0 Å². The van der Waals surface area contributed by atoms with Gasteiger partial charge in [0, 0.05) is 17.2 Å². The lowest BCUT2D eigenvalue weighted by atomic mass is 10.2. The third-order valence-corrected chi connectivity index (χ3v) is 5.11. The maximum absolute atomic E-state index is 6.10. The normalized spacial score (nSPS) is 10.6. The Morgan fingerprint density at radius 2 is 1.05 bits per heavy atom. The van der Waals surface area contributed by atoms with Gasteiger partial charge in [0.2, 0.25) is 0 Å². The minimum Gasteiger partial charge on any atom is -0.350 e. The van der Waals surface area contributed by atoms with Crippen LogP contribution in [0.2, 0.25) is 0 Å². The van der Waals surface area contributed by atoms with Gasteiger partial charge in [0.05, 0.1) is 8.15 Å². The predicted octanol–water partition coefficient (Wildman–Crippen LogP) is 4.73. The molecule has 0 radical (unpaired) electrons. The zero-order valence-electron chi connectivity index (χ0n) is 13.4. The maximum Gasteiger partial charge on any atom is 0.0917 e. The molecule has 21 heavy (non-hydrogen) atoms. The number of halogens is 1. The summed E-state index contributed by atoms with van der Waals surface area (Å²) in [5, 5.41) is 2.62. The van der Waals surface area contributed by atoms with Crippen molar-refractivity contribution in [2.45, 2.75) is 34.6 Å². The van der Waals surface area contributed by atoms with Gasteiger partial charge in [-0.05, 0) is 58.9 Å². The second kappa shape index (κ2) is 7.94. The lowest BCUT2D eigenvalue weighted by Gasteiger charge is -2.19. The molecular weight excluding hydrogens is 299 g/mol. The van der Waals surface area contributed by atoms with Crippen LogP contribution in [0.1, 0.15) is 29.2 Å². The molecule has 0 aliphatic heterocycles. The molecule has 0 atom stereocenters. The SMILES string of the molecule is CCOP(c1cc(C)cc(C)c1)c1cc(C)cc(C)c1.Cl. The van der Waals surface area contributed by atoms with Crippen LogP contribution < -0.4 is 10.6 Å². The summed E-state index contributed by atoms with van der Waals surface area (Å²) < 4.78 is 6.10. The molecule has 0 bridgehead atoms. The quantitative estimate of drug-likeness (QED) is 0.740. The van der Waals surface area contributed by atoms with Gasteiger partial charge in [0.1, 0.15) is 0 Å². The Morgan fingerprint density at radius 1 is 0.714 bits per heavy atom. The molecule has 0 saturated carbocycles. The summed E-state index contributed by atoms with van der Waals surface area (Å²) in [6.45, 7) is 11.4. The van der Waals surface area contributed by atoms with Crippen LogP contribution in [0.3, 0.4) is 0 Å². The topological polar surface area (TPSA) is 9.23 Å². The fraction of sp³-hybridized carbons (Fsp3) is 0.333. The number of benzene rings is 2. The Balaban J connectivity index is 0.00000220. The minimum atomic E-state index is -0.716. The van der Waals surface area contributed by atoms with Gasteiger partial charge in [0.15, 0.2) is 0 Å². The average molecular weight is 323 g/mol. The van der Waals surface area contributed by atoms with Crippen LogP contribution in [0.5, 0.6) is 0 Å². The average Bonchev–Trinajstić information content (AvgIpc) is 2.33. The molecule has 3 heteroatoms. The van der Waals surface area contributed by atoms with E-state index in [4.69, 9.17) is 4.52 Å². The minimum absolute atomic E-state index is 0. The van der Waals surface area contributed by atoms with E-state index >= 15 is 0 Å². The summed E-state index contributed by atoms with van der Waals surface area (Å²) in [4.78, 5) is 0. The molecule has 0 saturated heterocycles. The van der Waals surface area contributed by atoms with Crippen molar-refractivity contribution in [2.75, 3.05) is 6.61 Å². The summed E-state index contributed by atoms with van der Waals surface area (Å²) >= 11 is 0. The van der Waals surface area contributed by atoms with Crippen molar-refractivity contribution in [1.82, 2.24) is 0 Å². The van der Waals surface area contributed by atoms with Crippen LogP contribution >= 0.6 is 20.6 Å². The summed E-state index contributed by atoms with van der Waals surface area (Å²) in [7, 11) is -0.716. The Hall–Kier alpha value is -0.880. The zero-order chi connectivity index (χ0) is 14.7. The lowest BCUT2D eigenvalue weighted by molar-refractivity contribution is 0.388. The fourth-order valence-corrected chi connectivity index (χ4v) is 4.70. The van der Waals surface area contributed by atoms with Gasteiger partial charge < -0.3 is 4.52 Å². The molecule has 0 fully saturated rings. The second-order valence-corrected chi connectivity index (χ2v) is 7.28. The Labute approximate surface area is 136 Å². The first-order valence-corrected chi connectivity index (χ1v) is 8.35. The van der Waals surface area contributed by atoms with Gasteiger partial charge in [-0.2, -0.15) is 0 Å². The summed E-state index contributed by atoms with van der Waals surface area (Å²) in [5.74, 6) is 0. The molecule has 0 amide bonds. The molecule has 0 heterocycles. The summed E-state index contributed by atoms with van der Waals surface area (Å²) in [6.07, 6.45) is 0. The van der Waals surface area contributed by atoms with Crippen molar-refractivity contribution < 1.29 is 4.52 Å². The molecular formula is C18H24ClOP. The van der Waals surface area contributed by atoms with Crippen molar-refractivity contribution in [3.8, 4) is 0 Å². The van der Waals surface area contributed by atoms with E-state index in [0.717, 1.165) is 6.61 Å². The van der Waals surface area contributed by atoms with Crippen LogP contribution in [0.15, 0.2) is 36.4 Å². The van der Waals surface area contributed by atoms with Gasteiger partial charge in [0.25, 0.3) is 0 Å². The molecule has 114 valence electrons. The number of hydrogen-bond acceptors (Lipinski definition) is 1. The number of aryl methyl sites for hydroxylation is 4. The first-order valence-electron chi connectivity index (χ1n) is 7.09. The molecule has 2 aromatic carbocycles. The molecule has 0 aliphatic carbocycles. The van der Waals surface area contributed by atoms with Crippen molar-refractivity contribution >= 4 is 31.2 Å². The fourth-order valence-electron chi connectivity index (χ4n) is 2.56. The molecule has 0 aliphatic rings. The van der Waals surface area contributed by atoms with Crippen molar-refractivity contribution in [1.29, 1.82) is 0 Å². The number of rotatable bonds is 4. The van der Waals surface area contributed by atoms with Crippen molar-refractivity contribution in [3.05, 3.63) is 58.7 Å². The smallest absolute Gasteiger partial charge is 0.0917 e. The van der Waals surface area contributed by atoms with Crippen LogP contribution in [0, 0.1) is 27.7 Å². The molecule has 0 spiro atoms. The number of hydrogen-bond donors (Lipinski definition) is 0. The van der Waals surface area contributed by atoms with Gasteiger partial charge in [-0.15, -0.1) is 12.4 Å². The van der Waals surface area contributed by atoms with Crippen LogP contribution in [0.4, 0.5) is 0 Å². The molecule has 2 rings (SSSR count). The van der Waals surface area contributed by atoms with Crippen molar-refractivity contribution in [3.63, 3.8) is 0 Å². The first kappa shape index (κ1) is 18.2. The van der Waals surface area contributed by atoms with Crippen LogP contribution in [-0.2, 0) is 4.52 Å². The first-order chi connectivity index (χ1) is 9.49. The molecule has 0 N–H and O–H groups in total. The van der Waals surface area contributed by atoms with Gasteiger partial charge in [-0.1, -0.05) is 34.4 Å². The van der Waals surface area contributed by atoms with Crippen LogP contribution in [0.25, 0.3) is 0 Å². The predicted molar refractivity (Wildman–Crippen MR) is 96.9 cm³/mol. The maximum atomic E-state index is 6.10. The third kappa shape index (κ3) is 4.81. The van der Waals surface area contributed by atoms with Crippen molar-refractivity contribution in [2.24, 2.45) is 0 Å². The highest BCUT2D eigenvalue weighted by molar-refractivity contribution is 7.68. The van der Waals surface area contributed by atoms with Crippen LogP contribution in [-0.4, -0.2) is 6.61 Å². The summed E-state index contributed by atoms with van der Waals surface area (Å²) in [6, 6.07) is 13.4. The van der Waals surface area contributed by atoms with E-state index in [1.807, 2.05) is 0 Å². The Morgan fingerprint density at radius 3 is 1.33 bits per heavy atom. The summed E-state index contributed by atoms with van der Waals surface area (Å²) in [5.41, 5.74) is 5.21. The Bertz CT molecular complexity index is 518. The largest absolute Gasteiger partial charge is 0.350 e. The van der Waals surface area contributed by atoms with E-state index in [1.54, 1.807) is 0 Å². The highest BCUT2D eigenvalue weighted by atomic mass is 35.5. The van der Waals surface area contributed by atoms with E-state index in [9.17, 15) is 0 Å². The Kier molecular flexibility index (Phi) is 6.87. The van der Waals surface area contributed by atoms with E-state index in [2.05, 4.69) is 71.0 Å². The third-order valence-electron chi connectivity index (χ3n) is 3.14. The van der Waals surface area contributed by atoms with E-state index in [-0.39, 0.29) is 12.4 Å². The zero-order valence-corrected chi connectivity index (χ0v) is 15.1. The van der Waals surface area contributed by atoms with Gasteiger partial charge in [-0.3, -0.25) is 0 Å². The van der Waals surface area contributed by atoms with E-state index in [1.165, 1.54) is 32.9 Å². The van der Waals surface area contributed by atoms with Gasteiger partial charge >= 0.3 is 0 Å².